The van der Waals surface area contributed by atoms with Crippen molar-refractivity contribution in [1.29, 1.82) is 5.26 Å². The number of nitrogens with zero attached hydrogens (tertiary/aromatic N) is 4. The molecular formula is C13H12F2N4O2S. The summed E-state index contributed by atoms with van der Waals surface area (Å²) in [5, 5.41) is 8.70. The van der Waals surface area contributed by atoms with E-state index in [0.29, 0.717) is 10.1 Å². The normalized spacial score (nSPS) is 11.8. The van der Waals surface area contributed by atoms with Crippen LogP contribution >= 0.6 is 0 Å². The summed E-state index contributed by atoms with van der Waals surface area (Å²) in [6.07, 6.45) is 2.27. The Balaban J connectivity index is 2.25. The van der Waals surface area contributed by atoms with Crippen molar-refractivity contribution >= 4 is 10.0 Å². The molecular weight excluding hydrogens is 314 g/mol. The highest BCUT2D eigenvalue weighted by Crippen LogP contribution is 2.19. The lowest BCUT2D eigenvalue weighted by molar-refractivity contribution is 0.0658. The maximum atomic E-state index is 12.7. The first-order chi connectivity index (χ1) is 10.4. The molecule has 22 heavy (non-hydrogen) atoms. The molecule has 9 heteroatoms. The Hall–Kier alpha value is -2.31. The maximum absolute atomic E-state index is 12.7. The summed E-state index contributed by atoms with van der Waals surface area (Å²) >= 11 is 0. The Morgan fingerprint density at radius 2 is 2.00 bits per heavy atom. The molecule has 1 aromatic carbocycles. The predicted octanol–water partition coefficient (Wildman–Crippen LogP) is 1.97. The van der Waals surface area contributed by atoms with Gasteiger partial charge in [-0.05, 0) is 24.3 Å². The fourth-order valence-electron chi connectivity index (χ4n) is 1.81. The summed E-state index contributed by atoms with van der Waals surface area (Å²) in [6, 6.07) is 7.23. The second-order valence-electron chi connectivity index (χ2n) is 4.43. The quantitative estimate of drug-likeness (QED) is 0.841. The highest BCUT2D eigenvalue weighted by molar-refractivity contribution is 7.89. The number of nitriles is 1. The van der Waals surface area contributed by atoms with Gasteiger partial charge in [0.2, 0.25) is 10.0 Å². The van der Waals surface area contributed by atoms with E-state index in [1.165, 1.54) is 37.5 Å². The molecule has 0 aliphatic carbocycles. The van der Waals surface area contributed by atoms with E-state index in [4.69, 9.17) is 5.26 Å². The lowest BCUT2D eigenvalue weighted by Crippen LogP contribution is -2.28. The predicted molar refractivity (Wildman–Crippen MR) is 73.3 cm³/mol. The van der Waals surface area contributed by atoms with E-state index >= 15 is 0 Å². The number of rotatable bonds is 5. The molecule has 0 amide bonds. The second-order valence-corrected chi connectivity index (χ2v) is 6.47. The number of hydrogen-bond donors (Lipinski definition) is 0. The van der Waals surface area contributed by atoms with Crippen LogP contribution in [-0.4, -0.2) is 29.3 Å². The SMILES string of the molecule is CN(Cc1nccn1C(F)F)S(=O)(=O)c1ccc(C#N)cc1. The topological polar surface area (TPSA) is 79.0 Å². The molecule has 0 N–H and O–H groups in total. The zero-order chi connectivity index (χ0) is 16.3. The van der Waals surface area contributed by atoms with E-state index in [-0.39, 0.29) is 17.3 Å². The molecule has 0 fully saturated rings. The highest BCUT2D eigenvalue weighted by Gasteiger charge is 2.23. The van der Waals surface area contributed by atoms with Gasteiger partial charge in [0.15, 0.2) is 0 Å². The molecule has 2 rings (SSSR count). The summed E-state index contributed by atoms with van der Waals surface area (Å²) in [5.74, 6) is -0.0604. The molecule has 0 radical (unpaired) electrons. The lowest BCUT2D eigenvalue weighted by Gasteiger charge is -2.17. The van der Waals surface area contributed by atoms with Crippen LogP contribution in [0.3, 0.4) is 0 Å². The fraction of sp³-hybridized carbons (Fsp3) is 0.231. The average Bonchev–Trinajstić information content (AvgIpc) is 2.95. The van der Waals surface area contributed by atoms with E-state index in [2.05, 4.69) is 4.98 Å². The molecule has 1 heterocycles. The third kappa shape index (κ3) is 3.13. The highest BCUT2D eigenvalue weighted by atomic mass is 32.2. The molecule has 0 unspecified atom stereocenters. The first-order valence-corrected chi connectivity index (χ1v) is 7.56. The van der Waals surface area contributed by atoms with Gasteiger partial charge in [-0.25, -0.2) is 13.4 Å². The monoisotopic (exact) mass is 326 g/mol. The fourth-order valence-corrected chi connectivity index (χ4v) is 2.93. The van der Waals surface area contributed by atoms with Crippen LogP contribution < -0.4 is 0 Å². The molecule has 0 aliphatic heterocycles. The van der Waals surface area contributed by atoms with Gasteiger partial charge in [0.05, 0.1) is 23.1 Å². The van der Waals surface area contributed by atoms with Gasteiger partial charge in [0.25, 0.3) is 0 Å². The van der Waals surface area contributed by atoms with Gasteiger partial charge >= 0.3 is 6.55 Å². The molecule has 0 bridgehead atoms. The Morgan fingerprint density at radius 3 is 2.55 bits per heavy atom. The van der Waals surface area contributed by atoms with Crippen LogP contribution in [0.1, 0.15) is 17.9 Å². The van der Waals surface area contributed by atoms with Gasteiger partial charge in [-0.15, -0.1) is 0 Å². The van der Waals surface area contributed by atoms with Gasteiger partial charge in [-0.1, -0.05) is 0 Å². The minimum atomic E-state index is -3.86. The number of aromatic nitrogens is 2. The van der Waals surface area contributed by atoms with Crippen LogP contribution in [-0.2, 0) is 16.6 Å². The number of benzene rings is 1. The van der Waals surface area contributed by atoms with Crippen LogP contribution in [0.25, 0.3) is 0 Å². The van der Waals surface area contributed by atoms with Crippen molar-refractivity contribution in [2.45, 2.75) is 18.0 Å². The van der Waals surface area contributed by atoms with Crippen molar-refractivity contribution < 1.29 is 17.2 Å². The third-order valence-corrected chi connectivity index (χ3v) is 4.83. The largest absolute Gasteiger partial charge is 0.319 e. The Morgan fingerprint density at radius 1 is 1.36 bits per heavy atom. The van der Waals surface area contributed by atoms with Crippen LogP contribution in [0.15, 0.2) is 41.6 Å². The van der Waals surface area contributed by atoms with E-state index in [0.717, 1.165) is 10.5 Å². The van der Waals surface area contributed by atoms with Gasteiger partial charge < -0.3 is 0 Å². The van der Waals surface area contributed by atoms with Gasteiger partial charge in [0.1, 0.15) is 5.82 Å². The molecule has 116 valence electrons. The Bertz CT molecular complexity index is 794. The molecule has 0 saturated carbocycles. The first kappa shape index (κ1) is 16.1. The van der Waals surface area contributed by atoms with E-state index in [9.17, 15) is 17.2 Å². The Labute approximate surface area is 126 Å². The first-order valence-electron chi connectivity index (χ1n) is 6.12. The third-order valence-electron chi connectivity index (χ3n) is 3.01. The number of hydrogen-bond acceptors (Lipinski definition) is 4. The second kappa shape index (κ2) is 6.21. The van der Waals surface area contributed by atoms with Crippen molar-refractivity contribution in [1.82, 2.24) is 13.9 Å². The van der Waals surface area contributed by atoms with Crippen LogP contribution in [0, 0.1) is 11.3 Å². The minimum Gasteiger partial charge on any atom is -0.277 e. The smallest absolute Gasteiger partial charge is 0.277 e. The zero-order valence-corrected chi connectivity index (χ0v) is 12.3. The minimum absolute atomic E-state index is 0.0239. The number of sulfonamides is 1. The van der Waals surface area contributed by atoms with E-state index in [1.54, 1.807) is 0 Å². The average molecular weight is 326 g/mol. The van der Waals surface area contributed by atoms with E-state index in [1.807, 2.05) is 6.07 Å². The van der Waals surface area contributed by atoms with Crippen LogP contribution in [0.2, 0.25) is 0 Å². The summed E-state index contributed by atoms with van der Waals surface area (Å²) in [7, 11) is -2.58. The van der Waals surface area contributed by atoms with E-state index < -0.39 is 16.6 Å². The van der Waals surface area contributed by atoms with Crippen molar-refractivity contribution in [2.75, 3.05) is 7.05 Å². The molecule has 0 saturated heterocycles. The van der Waals surface area contributed by atoms with Gasteiger partial charge in [0, 0.05) is 19.4 Å². The summed E-state index contributed by atoms with van der Waals surface area (Å²) in [4.78, 5) is 3.72. The van der Waals surface area contributed by atoms with Crippen LogP contribution in [0.4, 0.5) is 8.78 Å². The number of halogens is 2. The summed E-state index contributed by atoms with van der Waals surface area (Å²) in [6.45, 7) is -3.08. The van der Waals surface area contributed by atoms with Crippen molar-refractivity contribution in [3.05, 3.63) is 48.0 Å². The molecule has 6 nitrogen and oxygen atoms in total. The number of imidazole rings is 1. The van der Waals surface area contributed by atoms with Gasteiger partial charge in [-0.2, -0.15) is 18.3 Å². The lowest BCUT2D eigenvalue weighted by atomic mass is 10.2. The van der Waals surface area contributed by atoms with Crippen molar-refractivity contribution in [3.63, 3.8) is 0 Å². The van der Waals surface area contributed by atoms with Crippen molar-refractivity contribution in [2.24, 2.45) is 0 Å². The molecule has 0 aliphatic rings. The standard InChI is InChI=1S/C13H12F2N4O2S/c1-18(9-12-17-6-7-19(12)13(14)15)22(20,21)11-4-2-10(8-16)3-5-11/h2-7,13H,9H2,1H3. The molecule has 2 aromatic rings. The summed E-state index contributed by atoms with van der Waals surface area (Å²) < 4.78 is 51.7. The molecule has 0 atom stereocenters. The molecule has 1 aromatic heterocycles. The molecule has 0 spiro atoms. The van der Waals surface area contributed by atoms with Crippen molar-refractivity contribution in [3.8, 4) is 6.07 Å². The number of alkyl halides is 2. The van der Waals surface area contributed by atoms with Crippen LogP contribution in [0.5, 0.6) is 0 Å². The maximum Gasteiger partial charge on any atom is 0.319 e. The Kier molecular flexibility index (Phi) is 4.54. The van der Waals surface area contributed by atoms with Gasteiger partial charge in [-0.3, -0.25) is 4.57 Å². The zero-order valence-electron chi connectivity index (χ0n) is 11.5. The summed E-state index contributed by atoms with van der Waals surface area (Å²) in [5.41, 5.74) is 0.329.